The van der Waals surface area contributed by atoms with E-state index in [0.717, 1.165) is 12.1 Å². The van der Waals surface area contributed by atoms with Gasteiger partial charge in [0, 0.05) is 18.9 Å². The summed E-state index contributed by atoms with van der Waals surface area (Å²) in [7, 11) is 1.65. The fourth-order valence-corrected chi connectivity index (χ4v) is 1.54. The molecule has 0 bridgehead atoms. The second-order valence-corrected chi connectivity index (χ2v) is 3.88. The molecule has 0 aliphatic rings. The van der Waals surface area contributed by atoms with Crippen LogP contribution in [0.15, 0.2) is 30.5 Å². The first-order chi connectivity index (χ1) is 8.90. The van der Waals surface area contributed by atoms with Crippen molar-refractivity contribution >= 4 is 11.5 Å². The summed E-state index contributed by atoms with van der Waals surface area (Å²) in [6.07, 6.45) is -2.84. The molecule has 1 N–H and O–H groups in total. The summed E-state index contributed by atoms with van der Waals surface area (Å²) >= 11 is 0. The van der Waals surface area contributed by atoms with Crippen molar-refractivity contribution in [3.05, 3.63) is 41.6 Å². The van der Waals surface area contributed by atoms with E-state index in [1.54, 1.807) is 7.05 Å². The molecule has 4 nitrogen and oxygen atoms in total. The standard InChI is InChI=1S/C12H9F3N4/c1-19-7-8(6-16)11(18-19)17-10-4-2-9(3-5-10)12(13,14)15/h2-5,7H,1H3,(H,17,18). The molecule has 19 heavy (non-hydrogen) atoms. The van der Waals surface area contributed by atoms with Crippen molar-refractivity contribution in [3.8, 4) is 6.07 Å². The Morgan fingerprint density at radius 2 is 1.89 bits per heavy atom. The van der Waals surface area contributed by atoms with E-state index in [2.05, 4.69) is 10.4 Å². The quantitative estimate of drug-likeness (QED) is 0.908. The van der Waals surface area contributed by atoms with Crippen molar-refractivity contribution in [2.75, 3.05) is 5.32 Å². The van der Waals surface area contributed by atoms with Crippen LogP contribution >= 0.6 is 0 Å². The molecule has 0 spiro atoms. The number of nitrogens with zero attached hydrogens (tertiary/aromatic N) is 3. The maximum atomic E-state index is 12.4. The van der Waals surface area contributed by atoms with Gasteiger partial charge >= 0.3 is 6.18 Å². The van der Waals surface area contributed by atoms with Crippen LogP contribution in [-0.2, 0) is 13.2 Å². The minimum Gasteiger partial charge on any atom is -0.338 e. The summed E-state index contributed by atoms with van der Waals surface area (Å²) in [6, 6.07) is 6.47. The minimum absolute atomic E-state index is 0.310. The summed E-state index contributed by atoms with van der Waals surface area (Å²) < 4.78 is 38.6. The zero-order chi connectivity index (χ0) is 14.0. The summed E-state index contributed by atoms with van der Waals surface area (Å²) in [5.41, 5.74) is 0.0326. The van der Waals surface area contributed by atoms with Crippen LogP contribution < -0.4 is 5.32 Å². The first-order valence-corrected chi connectivity index (χ1v) is 5.28. The normalized spacial score (nSPS) is 11.1. The van der Waals surface area contributed by atoms with Gasteiger partial charge in [-0.05, 0) is 24.3 Å². The predicted molar refractivity (Wildman–Crippen MR) is 62.6 cm³/mol. The number of nitrogens with one attached hydrogen (secondary N) is 1. The Hall–Kier alpha value is -2.49. The smallest absolute Gasteiger partial charge is 0.338 e. The van der Waals surface area contributed by atoms with E-state index in [1.807, 2.05) is 6.07 Å². The zero-order valence-corrected chi connectivity index (χ0v) is 9.86. The van der Waals surface area contributed by atoms with Gasteiger partial charge in [-0.1, -0.05) is 0 Å². The van der Waals surface area contributed by atoms with Gasteiger partial charge < -0.3 is 5.32 Å². The average molecular weight is 266 g/mol. The highest BCUT2D eigenvalue weighted by Crippen LogP contribution is 2.30. The number of alkyl halides is 3. The van der Waals surface area contributed by atoms with Gasteiger partial charge in [0.2, 0.25) is 0 Å². The first kappa shape index (κ1) is 13.0. The van der Waals surface area contributed by atoms with Crippen LogP contribution in [0.5, 0.6) is 0 Å². The van der Waals surface area contributed by atoms with E-state index in [4.69, 9.17) is 5.26 Å². The van der Waals surface area contributed by atoms with Crippen LogP contribution in [0.3, 0.4) is 0 Å². The highest BCUT2D eigenvalue weighted by Gasteiger charge is 2.29. The molecule has 2 rings (SSSR count). The number of hydrogen-bond acceptors (Lipinski definition) is 3. The molecular weight excluding hydrogens is 257 g/mol. The van der Waals surface area contributed by atoms with E-state index in [-0.39, 0.29) is 0 Å². The monoisotopic (exact) mass is 266 g/mol. The maximum absolute atomic E-state index is 12.4. The number of nitriles is 1. The summed E-state index contributed by atoms with van der Waals surface area (Å²) in [4.78, 5) is 0. The molecule has 0 aliphatic heterocycles. The van der Waals surface area contributed by atoms with Gasteiger partial charge in [-0.25, -0.2) is 0 Å². The SMILES string of the molecule is Cn1cc(C#N)c(Nc2ccc(C(F)(F)F)cc2)n1. The third-order valence-corrected chi connectivity index (χ3v) is 2.42. The number of hydrogen-bond donors (Lipinski definition) is 1. The number of aryl methyl sites for hydroxylation is 1. The molecule has 0 saturated heterocycles. The van der Waals surface area contributed by atoms with E-state index in [9.17, 15) is 13.2 Å². The Kier molecular flexibility index (Phi) is 3.17. The lowest BCUT2D eigenvalue weighted by atomic mass is 10.2. The molecule has 0 saturated carbocycles. The molecule has 98 valence electrons. The summed E-state index contributed by atoms with van der Waals surface area (Å²) in [5, 5.41) is 15.7. The molecule has 2 aromatic rings. The third kappa shape index (κ3) is 2.85. The van der Waals surface area contributed by atoms with Gasteiger partial charge in [0.15, 0.2) is 5.82 Å². The number of aromatic nitrogens is 2. The Bertz CT molecular complexity index is 620. The molecule has 1 aromatic carbocycles. The van der Waals surface area contributed by atoms with Gasteiger partial charge in [-0.15, -0.1) is 0 Å². The Morgan fingerprint density at radius 3 is 2.42 bits per heavy atom. The maximum Gasteiger partial charge on any atom is 0.416 e. The van der Waals surface area contributed by atoms with Crippen LogP contribution in [0.25, 0.3) is 0 Å². The minimum atomic E-state index is -4.36. The molecule has 7 heteroatoms. The molecule has 0 aliphatic carbocycles. The molecule has 0 amide bonds. The van der Waals surface area contributed by atoms with E-state index >= 15 is 0 Å². The van der Waals surface area contributed by atoms with Gasteiger partial charge in [-0.2, -0.15) is 23.5 Å². The zero-order valence-electron chi connectivity index (χ0n) is 9.86. The van der Waals surface area contributed by atoms with Gasteiger partial charge in [0.25, 0.3) is 0 Å². The third-order valence-electron chi connectivity index (χ3n) is 2.42. The number of benzene rings is 1. The first-order valence-electron chi connectivity index (χ1n) is 5.28. The van der Waals surface area contributed by atoms with Crippen LogP contribution in [0.2, 0.25) is 0 Å². The fraction of sp³-hybridized carbons (Fsp3) is 0.167. The van der Waals surface area contributed by atoms with Crippen LogP contribution in [0.1, 0.15) is 11.1 Å². The summed E-state index contributed by atoms with van der Waals surface area (Å²) in [5.74, 6) is 0.310. The van der Waals surface area contributed by atoms with Crippen molar-refractivity contribution < 1.29 is 13.2 Å². The predicted octanol–water partition coefficient (Wildman–Crippen LogP) is 3.05. The second kappa shape index (κ2) is 4.65. The Morgan fingerprint density at radius 1 is 1.26 bits per heavy atom. The van der Waals surface area contributed by atoms with Gasteiger partial charge in [-0.3, -0.25) is 4.68 Å². The second-order valence-electron chi connectivity index (χ2n) is 3.88. The van der Waals surface area contributed by atoms with Crippen LogP contribution in [0, 0.1) is 11.3 Å². The van der Waals surface area contributed by atoms with E-state index in [1.165, 1.54) is 23.0 Å². The molecule has 1 heterocycles. The fourth-order valence-electron chi connectivity index (χ4n) is 1.54. The lowest BCUT2D eigenvalue weighted by Crippen LogP contribution is -2.04. The van der Waals surface area contributed by atoms with Gasteiger partial charge in [0.1, 0.15) is 11.6 Å². The van der Waals surface area contributed by atoms with Gasteiger partial charge in [0.05, 0.1) is 5.56 Å². The van der Waals surface area contributed by atoms with Crippen molar-refractivity contribution in [3.63, 3.8) is 0 Å². The average Bonchev–Trinajstić information content (AvgIpc) is 2.69. The highest BCUT2D eigenvalue weighted by molar-refractivity contribution is 5.62. The Labute approximate surface area is 107 Å². The van der Waals surface area contributed by atoms with E-state index < -0.39 is 11.7 Å². The lowest BCUT2D eigenvalue weighted by Gasteiger charge is -2.08. The summed E-state index contributed by atoms with van der Waals surface area (Å²) in [6.45, 7) is 0. The van der Waals surface area contributed by atoms with Crippen LogP contribution in [-0.4, -0.2) is 9.78 Å². The Balaban J connectivity index is 2.23. The molecule has 0 atom stereocenters. The topological polar surface area (TPSA) is 53.6 Å². The van der Waals surface area contributed by atoms with Crippen LogP contribution in [0.4, 0.5) is 24.7 Å². The van der Waals surface area contributed by atoms with Crippen molar-refractivity contribution in [1.82, 2.24) is 9.78 Å². The lowest BCUT2D eigenvalue weighted by molar-refractivity contribution is -0.137. The molecule has 0 radical (unpaired) electrons. The number of anilines is 2. The van der Waals surface area contributed by atoms with Crippen molar-refractivity contribution in [1.29, 1.82) is 5.26 Å². The number of rotatable bonds is 2. The molecular formula is C12H9F3N4. The molecule has 1 aromatic heterocycles. The van der Waals surface area contributed by atoms with Crippen molar-refractivity contribution in [2.24, 2.45) is 7.05 Å². The largest absolute Gasteiger partial charge is 0.416 e. The molecule has 0 fully saturated rings. The number of halogens is 3. The van der Waals surface area contributed by atoms with Crippen molar-refractivity contribution in [2.45, 2.75) is 6.18 Å². The molecule has 0 unspecified atom stereocenters. The van der Waals surface area contributed by atoms with E-state index in [0.29, 0.717) is 17.1 Å². The highest BCUT2D eigenvalue weighted by atomic mass is 19.4.